The summed E-state index contributed by atoms with van der Waals surface area (Å²) >= 11 is 12.2. The smallest absolute Gasteiger partial charge is 0.238 e. The molecular formula is C19H22Cl2N2O2. The molecule has 0 saturated carbocycles. The molecule has 0 radical (unpaired) electrons. The zero-order valence-electron chi connectivity index (χ0n) is 14.4. The highest BCUT2D eigenvalue weighted by molar-refractivity contribution is 6.39. The molecule has 0 spiro atoms. The zero-order valence-corrected chi connectivity index (χ0v) is 15.9. The first-order valence-electron chi connectivity index (χ1n) is 8.15. The summed E-state index contributed by atoms with van der Waals surface area (Å²) in [5, 5.41) is 3.62. The summed E-state index contributed by atoms with van der Waals surface area (Å²) in [5.41, 5.74) is 1.60. The average Bonchev–Trinajstić information content (AvgIpc) is 2.57. The van der Waals surface area contributed by atoms with Crippen LogP contribution < -0.4 is 10.1 Å². The van der Waals surface area contributed by atoms with Crippen LogP contribution in [0.15, 0.2) is 42.5 Å². The van der Waals surface area contributed by atoms with Gasteiger partial charge >= 0.3 is 0 Å². The van der Waals surface area contributed by atoms with E-state index in [-0.39, 0.29) is 12.5 Å². The van der Waals surface area contributed by atoms with Crippen molar-refractivity contribution in [3.05, 3.63) is 58.1 Å². The normalized spacial score (nSPS) is 10.8. The molecule has 0 unspecified atom stereocenters. The van der Waals surface area contributed by atoms with Crippen molar-refractivity contribution in [2.75, 3.05) is 31.6 Å². The molecule has 2 rings (SSSR count). The number of likely N-dealkylation sites (N-methyl/N-ethyl adjacent to an activating group) is 1. The van der Waals surface area contributed by atoms with Gasteiger partial charge < -0.3 is 10.1 Å². The Kier molecular flexibility index (Phi) is 7.56. The Morgan fingerprint density at radius 1 is 1.16 bits per heavy atom. The number of nitrogens with one attached hydrogen (secondary N) is 1. The molecule has 1 amide bonds. The standard InChI is InChI=1S/C19H22Cl2N2O2/c1-3-23(10-11-25-15-7-4-6-14(2)12-15)13-18(24)22-19-16(20)8-5-9-17(19)21/h4-9,12H,3,10-11,13H2,1-2H3,(H,22,24). The number of nitrogens with zero attached hydrogens (tertiary/aromatic N) is 1. The van der Waals surface area contributed by atoms with Crippen LogP contribution in [0.2, 0.25) is 10.0 Å². The van der Waals surface area contributed by atoms with Crippen molar-refractivity contribution in [1.29, 1.82) is 0 Å². The number of halogens is 2. The van der Waals surface area contributed by atoms with Gasteiger partial charge in [-0.05, 0) is 43.3 Å². The van der Waals surface area contributed by atoms with E-state index < -0.39 is 0 Å². The predicted octanol–water partition coefficient (Wildman–Crippen LogP) is 4.64. The molecule has 0 bridgehead atoms. The summed E-state index contributed by atoms with van der Waals surface area (Å²) in [6.07, 6.45) is 0. The number of anilines is 1. The lowest BCUT2D eigenvalue weighted by Crippen LogP contribution is -2.36. The van der Waals surface area contributed by atoms with Gasteiger partial charge in [-0.25, -0.2) is 0 Å². The topological polar surface area (TPSA) is 41.6 Å². The van der Waals surface area contributed by atoms with Crippen LogP contribution in [-0.4, -0.2) is 37.0 Å². The van der Waals surface area contributed by atoms with E-state index in [2.05, 4.69) is 5.32 Å². The van der Waals surface area contributed by atoms with Gasteiger partial charge in [-0.3, -0.25) is 9.69 Å². The lowest BCUT2D eigenvalue weighted by Gasteiger charge is -2.20. The SMILES string of the molecule is CCN(CCOc1cccc(C)c1)CC(=O)Nc1c(Cl)cccc1Cl. The third-order valence-corrected chi connectivity index (χ3v) is 4.34. The van der Waals surface area contributed by atoms with Crippen LogP contribution in [0.1, 0.15) is 12.5 Å². The number of rotatable bonds is 8. The van der Waals surface area contributed by atoms with Crippen molar-refractivity contribution in [3.63, 3.8) is 0 Å². The van der Waals surface area contributed by atoms with Crippen LogP contribution in [0.3, 0.4) is 0 Å². The van der Waals surface area contributed by atoms with Crippen LogP contribution in [0.5, 0.6) is 5.75 Å². The molecule has 0 aliphatic rings. The molecule has 0 aliphatic heterocycles. The van der Waals surface area contributed by atoms with Crippen LogP contribution in [0, 0.1) is 6.92 Å². The highest BCUT2D eigenvalue weighted by Crippen LogP contribution is 2.29. The van der Waals surface area contributed by atoms with Crippen molar-refractivity contribution in [1.82, 2.24) is 4.90 Å². The average molecular weight is 381 g/mol. The molecule has 4 nitrogen and oxygen atoms in total. The fourth-order valence-corrected chi connectivity index (χ4v) is 2.84. The number of hydrogen-bond acceptors (Lipinski definition) is 3. The number of amides is 1. The molecule has 0 aromatic heterocycles. The van der Waals surface area contributed by atoms with E-state index in [1.54, 1.807) is 18.2 Å². The van der Waals surface area contributed by atoms with Crippen LogP contribution in [-0.2, 0) is 4.79 Å². The summed E-state index contributed by atoms with van der Waals surface area (Å²) in [5.74, 6) is 0.677. The fourth-order valence-electron chi connectivity index (χ4n) is 2.35. The van der Waals surface area contributed by atoms with Gasteiger partial charge in [0.15, 0.2) is 0 Å². The maximum atomic E-state index is 12.3. The summed E-state index contributed by atoms with van der Waals surface area (Å²) in [6, 6.07) is 13.0. The van der Waals surface area contributed by atoms with Gasteiger partial charge in [-0.15, -0.1) is 0 Å². The van der Waals surface area contributed by atoms with E-state index in [0.717, 1.165) is 17.9 Å². The monoisotopic (exact) mass is 380 g/mol. The number of hydrogen-bond donors (Lipinski definition) is 1. The van der Waals surface area contributed by atoms with E-state index >= 15 is 0 Å². The highest BCUT2D eigenvalue weighted by Gasteiger charge is 2.13. The predicted molar refractivity (Wildman–Crippen MR) is 104 cm³/mol. The molecule has 0 saturated heterocycles. The van der Waals surface area contributed by atoms with Gasteiger partial charge in [0.05, 0.1) is 22.3 Å². The van der Waals surface area contributed by atoms with Crippen molar-refractivity contribution in [3.8, 4) is 5.75 Å². The summed E-state index contributed by atoms with van der Waals surface area (Å²) in [4.78, 5) is 14.2. The van der Waals surface area contributed by atoms with Gasteiger partial charge in [-0.2, -0.15) is 0 Å². The lowest BCUT2D eigenvalue weighted by molar-refractivity contribution is -0.117. The van der Waals surface area contributed by atoms with Crippen molar-refractivity contribution in [2.24, 2.45) is 0 Å². The van der Waals surface area contributed by atoms with E-state index in [4.69, 9.17) is 27.9 Å². The van der Waals surface area contributed by atoms with Gasteiger partial charge in [0, 0.05) is 6.54 Å². The van der Waals surface area contributed by atoms with Gasteiger partial charge in [0.1, 0.15) is 12.4 Å². The summed E-state index contributed by atoms with van der Waals surface area (Å²) in [7, 11) is 0. The second-order valence-electron chi connectivity index (χ2n) is 5.68. The molecule has 0 aliphatic carbocycles. The van der Waals surface area contributed by atoms with Gasteiger partial charge in [0.2, 0.25) is 5.91 Å². The molecule has 1 N–H and O–H groups in total. The third-order valence-electron chi connectivity index (χ3n) is 3.71. The van der Waals surface area contributed by atoms with E-state index in [0.29, 0.717) is 28.9 Å². The number of benzene rings is 2. The van der Waals surface area contributed by atoms with E-state index in [1.165, 1.54) is 0 Å². The zero-order chi connectivity index (χ0) is 18.2. The minimum Gasteiger partial charge on any atom is -0.492 e. The number of carbonyl (C=O) groups is 1. The van der Waals surface area contributed by atoms with E-state index in [9.17, 15) is 4.79 Å². The first-order valence-corrected chi connectivity index (χ1v) is 8.91. The molecule has 0 heterocycles. The first-order chi connectivity index (χ1) is 12.0. The Labute approximate surface area is 158 Å². The van der Waals surface area contributed by atoms with Crippen molar-refractivity contribution < 1.29 is 9.53 Å². The second-order valence-corrected chi connectivity index (χ2v) is 6.49. The number of carbonyl (C=O) groups excluding carboxylic acids is 1. The molecule has 6 heteroatoms. The third kappa shape index (κ3) is 6.24. The van der Waals surface area contributed by atoms with Crippen molar-refractivity contribution in [2.45, 2.75) is 13.8 Å². The summed E-state index contributed by atoms with van der Waals surface area (Å²) < 4.78 is 5.74. The van der Waals surface area contributed by atoms with Crippen LogP contribution in [0.25, 0.3) is 0 Å². The first kappa shape index (κ1) is 19.6. The molecule has 2 aromatic carbocycles. The molecule has 25 heavy (non-hydrogen) atoms. The minimum atomic E-state index is -0.160. The van der Waals surface area contributed by atoms with Crippen LogP contribution >= 0.6 is 23.2 Å². The fraction of sp³-hybridized carbons (Fsp3) is 0.316. The number of para-hydroxylation sites is 1. The van der Waals surface area contributed by atoms with Gasteiger partial charge in [0.25, 0.3) is 0 Å². The van der Waals surface area contributed by atoms with Crippen molar-refractivity contribution >= 4 is 34.8 Å². The Bertz CT molecular complexity index is 702. The molecular weight excluding hydrogens is 359 g/mol. The Morgan fingerprint density at radius 3 is 2.48 bits per heavy atom. The highest BCUT2D eigenvalue weighted by atomic mass is 35.5. The van der Waals surface area contributed by atoms with E-state index in [1.807, 2.05) is 43.0 Å². The van der Waals surface area contributed by atoms with Crippen LogP contribution in [0.4, 0.5) is 5.69 Å². The Morgan fingerprint density at radius 2 is 1.84 bits per heavy atom. The maximum Gasteiger partial charge on any atom is 0.238 e. The number of aryl methyl sites for hydroxylation is 1. The second kappa shape index (κ2) is 9.66. The molecule has 2 aromatic rings. The maximum absolute atomic E-state index is 12.3. The molecule has 0 atom stereocenters. The molecule has 134 valence electrons. The summed E-state index contributed by atoms with van der Waals surface area (Å²) in [6.45, 7) is 6.17. The number of ether oxygens (including phenoxy) is 1. The largest absolute Gasteiger partial charge is 0.492 e. The Balaban J connectivity index is 1.83. The quantitative estimate of drug-likeness (QED) is 0.724. The Hall–Kier alpha value is -1.75. The molecule has 0 fully saturated rings. The lowest BCUT2D eigenvalue weighted by atomic mass is 10.2. The van der Waals surface area contributed by atoms with Gasteiger partial charge in [-0.1, -0.05) is 48.3 Å². The minimum absolute atomic E-state index is 0.160.